The summed E-state index contributed by atoms with van der Waals surface area (Å²) < 4.78 is 0. The van der Waals surface area contributed by atoms with Gasteiger partial charge in [0.25, 0.3) is 0 Å². The second kappa shape index (κ2) is 4.13. The van der Waals surface area contributed by atoms with E-state index in [9.17, 15) is 0 Å². The molecule has 0 aliphatic carbocycles. The van der Waals surface area contributed by atoms with E-state index in [1.165, 1.54) is 26.9 Å². The predicted molar refractivity (Wildman–Crippen MR) is 81.8 cm³/mol. The van der Waals surface area contributed by atoms with E-state index < -0.39 is 0 Å². The van der Waals surface area contributed by atoms with Crippen LogP contribution >= 0.6 is 11.8 Å². The third-order valence-corrected chi connectivity index (χ3v) is 4.18. The van der Waals surface area contributed by atoms with E-state index in [2.05, 4.69) is 56.5 Å². The van der Waals surface area contributed by atoms with Crippen molar-refractivity contribution in [3.63, 3.8) is 0 Å². The lowest BCUT2D eigenvalue weighted by molar-refractivity contribution is 0.517. The molecule has 3 rings (SSSR count). The maximum atomic E-state index is 4.86. The van der Waals surface area contributed by atoms with Crippen LogP contribution < -0.4 is 0 Å². The van der Waals surface area contributed by atoms with Crippen LogP contribution in [0.15, 0.2) is 41.4 Å². The Bertz CT molecular complexity index is 641. The van der Waals surface area contributed by atoms with Gasteiger partial charge in [0, 0.05) is 5.56 Å². The molecule has 2 heteroatoms. The number of aliphatic imine (C=N–C) groups is 1. The quantitative estimate of drug-likeness (QED) is 0.684. The average molecular weight is 255 g/mol. The van der Waals surface area contributed by atoms with Crippen LogP contribution in [0.3, 0.4) is 0 Å². The number of nitrogens with zero attached hydrogens (tertiary/aromatic N) is 1. The molecule has 0 amide bonds. The molecule has 2 aromatic carbocycles. The van der Waals surface area contributed by atoms with E-state index in [4.69, 9.17) is 4.99 Å². The Morgan fingerprint density at radius 2 is 1.89 bits per heavy atom. The van der Waals surface area contributed by atoms with Crippen molar-refractivity contribution in [3.05, 3.63) is 47.5 Å². The van der Waals surface area contributed by atoms with Gasteiger partial charge in [0.2, 0.25) is 0 Å². The highest BCUT2D eigenvalue weighted by atomic mass is 32.2. The Balaban J connectivity index is 2.32. The highest BCUT2D eigenvalue weighted by Crippen LogP contribution is 2.34. The Labute approximate surface area is 112 Å². The maximum absolute atomic E-state index is 4.86. The summed E-state index contributed by atoms with van der Waals surface area (Å²) in [6.07, 6.45) is 3.13. The molecule has 0 saturated heterocycles. The summed E-state index contributed by atoms with van der Waals surface area (Å²) in [5.74, 6) is 0. The van der Waals surface area contributed by atoms with E-state index >= 15 is 0 Å². The molecule has 18 heavy (non-hydrogen) atoms. The molecule has 0 atom stereocenters. The third-order valence-electron chi connectivity index (χ3n) is 3.48. The summed E-state index contributed by atoms with van der Waals surface area (Å²) in [5.41, 5.74) is 2.79. The normalized spacial score (nSPS) is 17.4. The molecule has 0 spiro atoms. The van der Waals surface area contributed by atoms with Gasteiger partial charge in [-0.3, -0.25) is 4.99 Å². The lowest BCUT2D eigenvalue weighted by Gasteiger charge is -2.29. The van der Waals surface area contributed by atoms with Crippen molar-refractivity contribution in [1.29, 1.82) is 0 Å². The zero-order valence-electron chi connectivity index (χ0n) is 11.0. The molecular weight excluding hydrogens is 238 g/mol. The van der Waals surface area contributed by atoms with Crippen LogP contribution in [0.5, 0.6) is 0 Å². The fourth-order valence-corrected chi connectivity index (χ4v) is 3.44. The Hall–Kier alpha value is -1.28. The molecule has 0 radical (unpaired) electrons. The minimum absolute atomic E-state index is 0.00939. The average Bonchev–Trinajstić information content (AvgIpc) is 2.36. The van der Waals surface area contributed by atoms with Crippen molar-refractivity contribution in [2.45, 2.75) is 25.8 Å². The lowest BCUT2D eigenvalue weighted by atomic mass is 9.86. The van der Waals surface area contributed by atoms with E-state index in [-0.39, 0.29) is 5.54 Å². The number of rotatable bonds is 0. The van der Waals surface area contributed by atoms with Crippen molar-refractivity contribution in [2.75, 3.05) is 6.26 Å². The van der Waals surface area contributed by atoms with Crippen LogP contribution in [0.2, 0.25) is 0 Å². The minimum atomic E-state index is 0.00939. The molecule has 2 aromatic rings. The van der Waals surface area contributed by atoms with Gasteiger partial charge in [-0.2, -0.15) is 0 Å². The highest BCUT2D eigenvalue weighted by molar-refractivity contribution is 8.13. The zero-order valence-corrected chi connectivity index (χ0v) is 11.8. The monoisotopic (exact) mass is 255 g/mol. The van der Waals surface area contributed by atoms with Crippen molar-refractivity contribution < 1.29 is 0 Å². The van der Waals surface area contributed by atoms with Gasteiger partial charge >= 0.3 is 0 Å². The van der Waals surface area contributed by atoms with Crippen LogP contribution in [0, 0.1) is 0 Å². The topological polar surface area (TPSA) is 12.4 Å². The van der Waals surface area contributed by atoms with Gasteiger partial charge in [0.05, 0.1) is 10.6 Å². The van der Waals surface area contributed by atoms with E-state index in [1.807, 2.05) is 0 Å². The highest BCUT2D eigenvalue weighted by Gasteiger charge is 2.27. The van der Waals surface area contributed by atoms with Crippen molar-refractivity contribution in [3.8, 4) is 0 Å². The standard InChI is InChI=1S/C16H17NS/c1-16(2)10-14-12-7-5-4-6-11(12)8-9-13(14)15(17-16)18-3/h4-9H,10H2,1-3H3. The van der Waals surface area contributed by atoms with Crippen LogP contribution in [0.1, 0.15) is 25.0 Å². The van der Waals surface area contributed by atoms with E-state index in [0.717, 1.165) is 6.42 Å². The SMILES string of the molecule is CSC1=NC(C)(C)Cc2c1ccc1ccccc21. The van der Waals surface area contributed by atoms with Crippen molar-refractivity contribution >= 4 is 27.6 Å². The second-order valence-electron chi connectivity index (χ2n) is 5.42. The van der Waals surface area contributed by atoms with Crippen LogP contribution in [0.25, 0.3) is 10.8 Å². The van der Waals surface area contributed by atoms with Gasteiger partial charge in [-0.25, -0.2) is 0 Å². The Morgan fingerprint density at radius 1 is 1.11 bits per heavy atom. The molecule has 1 heterocycles. The third kappa shape index (κ3) is 1.85. The number of hydrogen-bond acceptors (Lipinski definition) is 2. The zero-order chi connectivity index (χ0) is 12.8. The summed E-state index contributed by atoms with van der Waals surface area (Å²) in [6, 6.07) is 13.1. The fraction of sp³-hybridized carbons (Fsp3) is 0.312. The van der Waals surface area contributed by atoms with E-state index in [0.29, 0.717) is 0 Å². The molecular formula is C16H17NS. The summed E-state index contributed by atoms with van der Waals surface area (Å²) in [7, 11) is 0. The fourth-order valence-electron chi connectivity index (χ4n) is 2.69. The second-order valence-corrected chi connectivity index (χ2v) is 6.22. The van der Waals surface area contributed by atoms with Gasteiger partial charge in [0.1, 0.15) is 0 Å². The molecule has 0 aromatic heterocycles. The van der Waals surface area contributed by atoms with Crippen molar-refractivity contribution in [2.24, 2.45) is 4.99 Å². The van der Waals surface area contributed by atoms with Crippen LogP contribution in [-0.2, 0) is 6.42 Å². The largest absolute Gasteiger partial charge is 0.271 e. The van der Waals surface area contributed by atoms with Crippen LogP contribution in [-0.4, -0.2) is 16.8 Å². The first-order chi connectivity index (χ1) is 8.61. The molecule has 0 fully saturated rings. The molecule has 0 bridgehead atoms. The predicted octanol–water partition coefficient (Wildman–Crippen LogP) is 4.28. The molecule has 92 valence electrons. The molecule has 1 aliphatic rings. The maximum Gasteiger partial charge on any atom is 0.0983 e. The van der Waals surface area contributed by atoms with Gasteiger partial charge in [-0.15, -0.1) is 11.8 Å². The van der Waals surface area contributed by atoms with Gasteiger partial charge in [-0.05, 0) is 42.9 Å². The molecule has 1 nitrogen and oxygen atoms in total. The Kier molecular flexibility index (Phi) is 2.70. The molecule has 1 aliphatic heterocycles. The number of thioether (sulfide) groups is 1. The number of hydrogen-bond donors (Lipinski definition) is 0. The molecule has 0 saturated carbocycles. The number of benzene rings is 2. The van der Waals surface area contributed by atoms with E-state index in [1.54, 1.807) is 11.8 Å². The Morgan fingerprint density at radius 3 is 2.67 bits per heavy atom. The summed E-state index contributed by atoms with van der Waals surface area (Å²) in [6.45, 7) is 4.43. The number of fused-ring (bicyclic) bond motifs is 3. The summed E-state index contributed by atoms with van der Waals surface area (Å²) in [5, 5.41) is 3.88. The first kappa shape index (κ1) is 11.8. The minimum Gasteiger partial charge on any atom is -0.271 e. The summed E-state index contributed by atoms with van der Waals surface area (Å²) in [4.78, 5) is 4.86. The smallest absolute Gasteiger partial charge is 0.0983 e. The molecule has 0 N–H and O–H groups in total. The van der Waals surface area contributed by atoms with Gasteiger partial charge in [0.15, 0.2) is 0 Å². The first-order valence-corrected chi connectivity index (χ1v) is 7.48. The van der Waals surface area contributed by atoms with Crippen LogP contribution in [0.4, 0.5) is 0 Å². The first-order valence-electron chi connectivity index (χ1n) is 6.25. The molecule has 0 unspecified atom stereocenters. The lowest BCUT2D eigenvalue weighted by Crippen LogP contribution is -2.28. The van der Waals surface area contributed by atoms with Crippen molar-refractivity contribution in [1.82, 2.24) is 0 Å². The summed E-state index contributed by atoms with van der Waals surface area (Å²) >= 11 is 1.75. The van der Waals surface area contributed by atoms with Gasteiger partial charge < -0.3 is 0 Å². The van der Waals surface area contributed by atoms with Gasteiger partial charge in [-0.1, -0.05) is 36.4 Å².